The molecule has 1 fully saturated rings. The number of carbonyl (C=O) groups excluding carboxylic acids is 2. The van der Waals surface area contributed by atoms with E-state index < -0.39 is 23.4 Å². The van der Waals surface area contributed by atoms with Gasteiger partial charge in [-0.25, -0.2) is 4.79 Å². The zero-order chi connectivity index (χ0) is 14.0. The number of hydrogen-bond donors (Lipinski definition) is 1. The molecule has 0 aromatic rings. The predicted molar refractivity (Wildman–Crippen MR) is 61.4 cm³/mol. The highest BCUT2D eigenvalue weighted by molar-refractivity contribution is 5.72. The fourth-order valence-corrected chi connectivity index (χ4v) is 1.90. The van der Waals surface area contributed by atoms with E-state index in [1.54, 1.807) is 20.8 Å². The number of ether oxygens (including phenoxy) is 1. The van der Waals surface area contributed by atoms with Crippen molar-refractivity contribution < 1.29 is 24.5 Å². The highest BCUT2D eigenvalue weighted by Crippen LogP contribution is 2.36. The molecule has 0 aromatic heterocycles. The van der Waals surface area contributed by atoms with E-state index >= 15 is 0 Å². The average molecular weight is 258 g/mol. The molecule has 1 N–H and O–H groups in total. The van der Waals surface area contributed by atoms with Crippen molar-refractivity contribution in [3.05, 3.63) is 0 Å². The molecule has 1 aliphatic rings. The molecule has 0 radical (unpaired) electrons. The topological polar surface area (TPSA) is 89.9 Å². The Morgan fingerprint density at radius 1 is 1.33 bits per heavy atom. The summed E-state index contributed by atoms with van der Waals surface area (Å²) in [5, 5.41) is 20.5. The fourth-order valence-electron chi connectivity index (χ4n) is 1.90. The Morgan fingerprint density at radius 3 is 2.39 bits per heavy atom. The summed E-state index contributed by atoms with van der Waals surface area (Å²) in [7, 11) is 0. The molecule has 1 atom stereocenters. The van der Waals surface area contributed by atoms with Crippen LogP contribution in [0.15, 0.2) is 0 Å². The van der Waals surface area contributed by atoms with Gasteiger partial charge in [0.1, 0.15) is 0 Å². The van der Waals surface area contributed by atoms with Gasteiger partial charge in [-0.05, 0) is 40.0 Å². The molecule has 0 spiro atoms. The maximum atomic E-state index is 11.6. The van der Waals surface area contributed by atoms with E-state index in [4.69, 9.17) is 4.74 Å². The molecular formula is C12H20NO5-. The van der Waals surface area contributed by atoms with Gasteiger partial charge < -0.3 is 19.7 Å². The van der Waals surface area contributed by atoms with Crippen LogP contribution >= 0.6 is 0 Å². The van der Waals surface area contributed by atoms with Crippen LogP contribution in [-0.2, 0) is 9.53 Å². The van der Waals surface area contributed by atoms with Gasteiger partial charge in [-0.15, -0.1) is 0 Å². The lowest BCUT2D eigenvalue weighted by molar-refractivity contribution is -0.305. The average Bonchev–Trinajstić information content (AvgIpc) is 2.34. The Labute approximate surface area is 107 Å². The van der Waals surface area contributed by atoms with Crippen molar-refractivity contribution in [1.29, 1.82) is 0 Å². The summed E-state index contributed by atoms with van der Waals surface area (Å²) in [5.41, 5.74) is -2.30. The first-order chi connectivity index (χ1) is 8.18. The Kier molecular flexibility index (Phi) is 4.21. The largest absolute Gasteiger partial charge is 0.550 e. The Morgan fingerprint density at radius 2 is 1.94 bits per heavy atom. The SMILES string of the molecule is CC1(C)OC(=O)N(CCCCCC(=O)[O-])[C@@]1(C)O. The summed E-state index contributed by atoms with van der Waals surface area (Å²) in [6.07, 6.45) is 1.27. The molecule has 1 aliphatic heterocycles. The van der Waals surface area contributed by atoms with Gasteiger partial charge in [-0.2, -0.15) is 0 Å². The number of carboxylic acid groups (broad SMARTS) is 1. The third-order valence-electron chi connectivity index (χ3n) is 3.49. The molecule has 104 valence electrons. The second-order valence-corrected chi connectivity index (χ2v) is 5.23. The summed E-state index contributed by atoms with van der Waals surface area (Å²) in [6.45, 7) is 5.20. The molecule has 1 heterocycles. The van der Waals surface area contributed by atoms with E-state index in [0.717, 1.165) is 0 Å². The number of carboxylic acids is 1. The normalized spacial score (nSPS) is 26.2. The van der Waals surface area contributed by atoms with Crippen LogP contribution in [0.25, 0.3) is 0 Å². The lowest BCUT2D eigenvalue weighted by Crippen LogP contribution is -2.53. The Balaban J connectivity index is 2.42. The number of cyclic esters (lactones) is 1. The molecule has 0 saturated carbocycles. The minimum Gasteiger partial charge on any atom is -0.550 e. The van der Waals surface area contributed by atoms with E-state index in [-0.39, 0.29) is 6.42 Å². The van der Waals surface area contributed by atoms with Gasteiger partial charge >= 0.3 is 6.09 Å². The van der Waals surface area contributed by atoms with E-state index in [9.17, 15) is 19.8 Å². The van der Waals surface area contributed by atoms with Crippen molar-refractivity contribution >= 4 is 12.1 Å². The standard InChI is InChI=1S/C12H21NO5/c1-11(2)12(3,17)13(10(16)18-11)8-6-4-5-7-9(14)15/h17H,4-8H2,1-3H3,(H,14,15)/p-1/t12-/m0/s1. The zero-order valence-electron chi connectivity index (χ0n) is 11.1. The van der Waals surface area contributed by atoms with Crippen molar-refractivity contribution in [2.45, 2.75) is 57.8 Å². The third kappa shape index (κ3) is 2.93. The summed E-state index contributed by atoms with van der Waals surface area (Å²) < 4.78 is 5.10. The molecule has 0 aliphatic carbocycles. The Hall–Kier alpha value is -1.30. The van der Waals surface area contributed by atoms with Crippen LogP contribution in [0.5, 0.6) is 0 Å². The van der Waals surface area contributed by atoms with E-state index in [1.165, 1.54) is 4.90 Å². The summed E-state index contributed by atoms with van der Waals surface area (Å²) >= 11 is 0. The fraction of sp³-hybridized carbons (Fsp3) is 0.833. The van der Waals surface area contributed by atoms with Crippen molar-refractivity contribution in [2.75, 3.05) is 6.54 Å². The van der Waals surface area contributed by atoms with Gasteiger partial charge in [0.25, 0.3) is 0 Å². The molecule has 6 nitrogen and oxygen atoms in total. The van der Waals surface area contributed by atoms with E-state index in [1.807, 2.05) is 0 Å². The summed E-state index contributed by atoms with van der Waals surface area (Å²) in [5.74, 6) is -1.07. The second-order valence-electron chi connectivity index (χ2n) is 5.23. The van der Waals surface area contributed by atoms with Gasteiger partial charge in [-0.3, -0.25) is 4.90 Å². The quantitative estimate of drug-likeness (QED) is 0.689. The minimum absolute atomic E-state index is 0.0202. The number of rotatable bonds is 6. The van der Waals surface area contributed by atoms with Crippen LogP contribution in [0.1, 0.15) is 46.5 Å². The maximum Gasteiger partial charge on any atom is 0.412 e. The highest BCUT2D eigenvalue weighted by Gasteiger charge is 2.56. The van der Waals surface area contributed by atoms with Crippen LogP contribution in [0.2, 0.25) is 0 Å². The first kappa shape index (κ1) is 14.8. The van der Waals surface area contributed by atoms with Crippen LogP contribution in [0, 0.1) is 0 Å². The van der Waals surface area contributed by atoms with Gasteiger partial charge in [0, 0.05) is 12.5 Å². The lowest BCUT2D eigenvalue weighted by Gasteiger charge is -2.34. The molecule has 0 unspecified atom stereocenters. The lowest BCUT2D eigenvalue weighted by atomic mass is 9.96. The van der Waals surface area contributed by atoms with Crippen molar-refractivity contribution in [1.82, 2.24) is 4.90 Å². The monoisotopic (exact) mass is 258 g/mol. The van der Waals surface area contributed by atoms with Gasteiger partial charge in [0.2, 0.25) is 0 Å². The van der Waals surface area contributed by atoms with Crippen molar-refractivity contribution in [3.63, 3.8) is 0 Å². The summed E-state index contributed by atoms with van der Waals surface area (Å²) in [4.78, 5) is 23.1. The number of carbonyl (C=O) groups is 2. The van der Waals surface area contributed by atoms with Gasteiger partial charge in [0.05, 0.1) is 0 Å². The number of hydrogen-bond acceptors (Lipinski definition) is 5. The number of unbranched alkanes of at least 4 members (excludes halogenated alkanes) is 2. The molecule has 1 amide bonds. The first-order valence-electron chi connectivity index (χ1n) is 6.11. The minimum atomic E-state index is -1.35. The molecular weight excluding hydrogens is 238 g/mol. The van der Waals surface area contributed by atoms with Crippen LogP contribution in [-0.4, -0.2) is 39.9 Å². The molecule has 18 heavy (non-hydrogen) atoms. The summed E-state index contributed by atoms with van der Waals surface area (Å²) in [6, 6.07) is 0. The predicted octanol–water partition coefficient (Wildman–Crippen LogP) is 0.236. The number of amides is 1. The van der Waals surface area contributed by atoms with E-state index in [2.05, 4.69) is 0 Å². The Bertz CT molecular complexity index is 337. The molecule has 0 bridgehead atoms. The zero-order valence-corrected chi connectivity index (χ0v) is 11.1. The van der Waals surface area contributed by atoms with Crippen LogP contribution in [0.4, 0.5) is 4.79 Å². The number of aliphatic hydroxyl groups is 1. The molecule has 1 saturated heterocycles. The number of nitrogens with zero attached hydrogens (tertiary/aromatic N) is 1. The second kappa shape index (κ2) is 5.14. The molecule has 0 aromatic carbocycles. The number of aliphatic carboxylic acids is 1. The molecule has 1 rings (SSSR count). The van der Waals surface area contributed by atoms with Crippen LogP contribution < -0.4 is 5.11 Å². The van der Waals surface area contributed by atoms with Gasteiger partial charge in [0.15, 0.2) is 11.3 Å². The maximum absolute atomic E-state index is 11.6. The first-order valence-corrected chi connectivity index (χ1v) is 6.11. The highest BCUT2D eigenvalue weighted by atomic mass is 16.6. The molecule has 6 heteroatoms. The third-order valence-corrected chi connectivity index (χ3v) is 3.49. The van der Waals surface area contributed by atoms with E-state index in [0.29, 0.717) is 25.8 Å². The smallest absolute Gasteiger partial charge is 0.412 e. The van der Waals surface area contributed by atoms with Crippen LogP contribution in [0.3, 0.4) is 0 Å². The van der Waals surface area contributed by atoms with Gasteiger partial charge in [-0.1, -0.05) is 6.42 Å². The van der Waals surface area contributed by atoms with Crippen molar-refractivity contribution in [3.8, 4) is 0 Å². The van der Waals surface area contributed by atoms with Crippen molar-refractivity contribution in [2.24, 2.45) is 0 Å².